The van der Waals surface area contributed by atoms with E-state index in [2.05, 4.69) is 0 Å². The van der Waals surface area contributed by atoms with Gasteiger partial charge in [0.15, 0.2) is 0 Å². The Labute approximate surface area is 271 Å². The smallest absolute Gasteiger partial charge is 0.0869 e. The van der Waals surface area contributed by atoms with Gasteiger partial charge in [-0.1, -0.05) is 20.8 Å². The maximum Gasteiger partial charge on any atom is 0.0869 e. The third-order valence-electron chi connectivity index (χ3n) is 9.34. The Bertz CT molecular complexity index is 1710. The normalized spacial score (nSPS) is 17.4. The van der Waals surface area contributed by atoms with Gasteiger partial charge in [0.05, 0.1) is 7.14 Å². The zero-order valence-corrected chi connectivity index (χ0v) is 30.0. The van der Waals surface area contributed by atoms with Crippen molar-refractivity contribution < 1.29 is 69.6 Å². The second-order valence-corrected chi connectivity index (χ2v) is 25.2. The molecule has 0 atom stereocenters. The fourth-order valence-electron chi connectivity index (χ4n) is 6.56. The van der Waals surface area contributed by atoms with Crippen LogP contribution in [-0.2, 0) is 18.7 Å². The zero-order chi connectivity index (χ0) is 38.0. The summed E-state index contributed by atoms with van der Waals surface area (Å²) in [7, 11) is -8.51. The van der Waals surface area contributed by atoms with Crippen LogP contribution >= 0.6 is 14.0 Å². The first-order valence-corrected chi connectivity index (χ1v) is 20.4. The molecule has 0 N–H and O–H groups in total. The van der Waals surface area contributed by atoms with Crippen molar-refractivity contribution in [3.8, 4) is 0 Å². The molecule has 20 heteroatoms. The monoisotopic (exact) mass is 768 g/mol. The molecule has 0 fully saturated rings. The van der Waals surface area contributed by atoms with Crippen molar-refractivity contribution in [1.82, 2.24) is 0 Å². The first kappa shape index (κ1) is 42.4. The molecule has 1 heterocycles. The Morgan fingerprint density at radius 2 is 0.938 bits per heavy atom. The van der Waals surface area contributed by atoms with Crippen LogP contribution in [0.5, 0.6) is 0 Å². The number of halogens is 12. The van der Waals surface area contributed by atoms with E-state index in [9.17, 15) is 48.1 Å². The second-order valence-electron chi connectivity index (χ2n) is 13.3. The predicted molar refractivity (Wildman–Crippen MR) is 164 cm³/mol. The van der Waals surface area contributed by atoms with E-state index in [0.29, 0.717) is 0 Å². The van der Waals surface area contributed by atoms with E-state index in [1.807, 2.05) is 20.8 Å². The fourth-order valence-corrected chi connectivity index (χ4v) is 19.3. The maximum absolute atomic E-state index is 15.8. The van der Waals surface area contributed by atoms with Crippen LogP contribution in [0.3, 0.4) is 0 Å². The summed E-state index contributed by atoms with van der Waals surface area (Å²) in [6, 6.07) is -1.56. The van der Waals surface area contributed by atoms with Gasteiger partial charge in [-0.2, -0.15) is 0 Å². The van der Waals surface area contributed by atoms with Crippen molar-refractivity contribution >= 4 is 47.0 Å². The van der Waals surface area contributed by atoms with Crippen LogP contribution in [0.2, 0.25) is 0 Å². The van der Waals surface area contributed by atoms with Gasteiger partial charge in [0.1, 0.15) is 0 Å². The molecule has 0 saturated heterocycles. The average Bonchev–Trinajstić information content (AvgIpc) is 3.29. The summed E-state index contributed by atoms with van der Waals surface area (Å²) in [6.45, 7) is 2.89. The molecule has 0 unspecified atom stereocenters. The molecule has 0 aliphatic carbocycles. The van der Waals surface area contributed by atoms with E-state index in [-0.39, 0.29) is 0 Å². The van der Waals surface area contributed by atoms with Gasteiger partial charge in [0, 0.05) is 0 Å². The number of rotatable bonds is 6. The number of hydrogen-bond acceptors (Lipinski definition) is 4. The summed E-state index contributed by atoms with van der Waals surface area (Å²) in [5, 5.41) is -5.90. The maximum atomic E-state index is 15.8. The van der Waals surface area contributed by atoms with Crippen molar-refractivity contribution in [2.45, 2.75) is 78.1 Å². The second kappa shape index (κ2) is 13.1. The van der Waals surface area contributed by atoms with Crippen molar-refractivity contribution in [3.63, 3.8) is 0 Å². The molecule has 2 aromatic carbocycles. The van der Waals surface area contributed by atoms with Gasteiger partial charge in [-0.05, 0) is 18.5 Å². The molecule has 0 spiro atoms. The minimum Gasteiger partial charge on any atom is -0.324 e. The van der Waals surface area contributed by atoms with Gasteiger partial charge in [0.25, 0.3) is 0 Å². The Morgan fingerprint density at radius 1 is 0.625 bits per heavy atom. The summed E-state index contributed by atoms with van der Waals surface area (Å²) in [5.74, 6) is -23.3. The van der Waals surface area contributed by atoms with E-state index in [4.69, 9.17) is 3.97 Å². The molecule has 0 bridgehead atoms. The SMILES string of the molecule is CC(C)(C)P1(OS(=O)(=O)C(F)(F)F)(C(C)(C)C)CB(c2c(F)c(F)c(F)c(F)c2F)c2c(F)c(F)c(F)c(F)c21.CCP(=O)(CC)CC. The van der Waals surface area contributed by atoms with Gasteiger partial charge >= 0.3 is 221 Å². The number of benzene rings is 2. The molecular formula is C28H35BF12O4P2S. The quantitative estimate of drug-likeness (QED) is 0.0746. The Hall–Kier alpha value is -1.77. The van der Waals surface area contributed by atoms with Gasteiger partial charge in [-0.3, -0.25) is 0 Å². The summed E-state index contributed by atoms with van der Waals surface area (Å²) >= 11 is 0. The van der Waals surface area contributed by atoms with Crippen LogP contribution < -0.4 is 16.2 Å². The Morgan fingerprint density at radius 3 is 1.23 bits per heavy atom. The van der Waals surface area contributed by atoms with Crippen molar-refractivity contribution in [2.24, 2.45) is 0 Å². The van der Waals surface area contributed by atoms with E-state index in [1.165, 1.54) is 0 Å². The molecule has 0 saturated carbocycles. The molecule has 0 aromatic heterocycles. The van der Waals surface area contributed by atoms with Crippen LogP contribution in [0, 0.1) is 52.4 Å². The summed E-state index contributed by atoms with van der Waals surface area (Å²) < 4.78 is 216. The largest absolute Gasteiger partial charge is 0.324 e. The van der Waals surface area contributed by atoms with Gasteiger partial charge in [0.2, 0.25) is 0 Å². The van der Waals surface area contributed by atoms with Gasteiger partial charge in [-0.15, -0.1) is 0 Å². The van der Waals surface area contributed by atoms with E-state index in [0.717, 1.165) is 60.0 Å². The Balaban J connectivity index is 0.000000886. The molecule has 3 rings (SSSR count). The van der Waals surface area contributed by atoms with Crippen LogP contribution in [0.1, 0.15) is 62.3 Å². The zero-order valence-electron chi connectivity index (χ0n) is 27.4. The molecule has 48 heavy (non-hydrogen) atoms. The number of fused-ring (bicyclic) bond motifs is 1. The molecule has 0 radical (unpaired) electrons. The molecule has 1 aliphatic rings. The van der Waals surface area contributed by atoms with Gasteiger partial charge < -0.3 is 4.57 Å². The minimum absolute atomic E-state index is 0.875. The Kier molecular flexibility index (Phi) is 11.6. The number of alkyl halides is 3. The topological polar surface area (TPSA) is 60.4 Å². The first-order chi connectivity index (χ1) is 21.4. The van der Waals surface area contributed by atoms with Crippen LogP contribution in [-0.4, -0.2) is 55.5 Å². The average molecular weight is 768 g/mol. The van der Waals surface area contributed by atoms with Crippen molar-refractivity contribution in [1.29, 1.82) is 0 Å². The van der Waals surface area contributed by atoms with Crippen LogP contribution in [0.15, 0.2) is 0 Å². The molecule has 1 aliphatic heterocycles. The fraction of sp³-hybridized carbons (Fsp3) is 0.571. The third-order valence-corrected chi connectivity index (χ3v) is 23.6. The van der Waals surface area contributed by atoms with Crippen molar-refractivity contribution in [3.05, 3.63) is 52.4 Å². The number of hydrogen-bond donors (Lipinski definition) is 0. The standard InChI is InChI=1S/C22H20BF12O3PS.C6H15OP/c1-20(2,3)39(21(4,5)6,38-40(36,37)22(33,34)35)7-23(8-10(24)13(27)16(30)14(28)11(8)25)9-12(26)15(29)17(31)18(32)19(9)39;1-4-8(7,5-2)6-3/h7H2,1-6H3;4-6H2,1-3H3. The minimum atomic E-state index is -6.85. The van der Waals surface area contributed by atoms with E-state index in [1.54, 1.807) is 0 Å². The molecule has 0 amide bonds. The molecular weight excluding hydrogens is 733 g/mol. The summed E-state index contributed by atoms with van der Waals surface area (Å²) in [5.41, 5.74) is -9.82. The third kappa shape index (κ3) is 6.02. The van der Waals surface area contributed by atoms with E-state index >= 15 is 17.6 Å². The first-order valence-electron chi connectivity index (χ1n) is 14.4. The van der Waals surface area contributed by atoms with Gasteiger partial charge in [-0.25, -0.2) is 0 Å². The molecule has 2 aromatic rings. The van der Waals surface area contributed by atoms with Crippen LogP contribution in [0.25, 0.3) is 0 Å². The summed E-state index contributed by atoms with van der Waals surface area (Å²) in [4.78, 5) is 0. The predicted octanol–water partition coefficient (Wildman–Crippen LogP) is 8.07. The molecule has 4 nitrogen and oxygen atoms in total. The van der Waals surface area contributed by atoms with Crippen molar-refractivity contribution in [2.75, 3.05) is 24.5 Å². The van der Waals surface area contributed by atoms with E-state index < -0.39 is 121 Å². The van der Waals surface area contributed by atoms with Crippen LogP contribution in [0.4, 0.5) is 52.7 Å². The summed E-state index contributed by atoms with van der Waals surface area (Å²) in [6.07, 6.45) is 2.62. The molecule has 274 valence electrons.